The Morgan fingerprint density at radius 1 is 1.56 bits per heavy atom. The second-order valence-electron chi connectivity index (χ2n) is 3.55. The summed E-state index contributed by atoms with van der Waals surface area (Å²) in [6, 6.07) is 3.23. The molecule has 0 aliphatic carbocycles. The number of benzene rings is 1. The number of nitrogens with zero attached hydrogens (tertiary/aromatic N) is 1. The summed E-state index contributed by atoms with van der Waals surface area (Å²) in [6.07, 6.45) is 4.31. The molecule has 1 N–H and O–H groups in total. The van der Waals surface area contributed by atoms with Gasteiger partial charge in [0.2, 0.25) is 6.20 Å². The first-order valence-corrected chi connectivity index (χ1v) is 5.49. The van der Waals surface area contributed by atoms with Crippen LogP contribution in [0.25, 0.3) is 6.08 Å². The van der Waals surface area contributed by atoms with Gasteiger partial charge in [-0.3, -0.25) is 10.1 Å². The third kappa shape index (κ3) is 3.62. The molecule has 0 amide bonds. The highest BCUT2D eigenvalue weighted by molar-refractivity contribution is 5.58. The lowest BCUT2D eigenvalue weighted by atomic mass is 10.1. The Hall–Kier alpha value is -2.30. The number of phenolic OH excluding ortho intramolecular Hbond substituents is 1. The van der Waals surface area contributed by atoms with Gasteiger partial charge >= 0.3 is 0 Å². The Morgan fingerprint density at radius 3 is 2.83 bits per heavy atom. The van der Waals surface area contributed by atoms with Crippen LogP contribution in [0.1, 0.15) is 18.1 Å². The van der Waals surface area contributed by atoms with Crippen molar-refractivity contribution in [2.45, 2.75) is 13.3 Å². The minimum Gasteiger partial charge on any atom is -0.504 e. The van der Waals surface area contributed by atoms with E-state index in [0.29, 0.717) is 29.9 Å². The first kappa shape index (κ1) is 13.8. The lowest BCUT2D eigenvalue weighted by Crippen LogP contribution is -1.95. The van der Waals surface area contributed by atoms with Gasteiger partial charge in [-0.15, -0.1) is 6.58 Å². The lowest BCUT2D eigenvalue weighted by Gasteiger charge is -2.10. The number of rotatable bonds is 6. The van der Waals surface area contributed by atoms with Crippen molar-refractivity contribution in [3.05, 3.63) is 52.2 Å². The van der Waals surface area contributed by atoms with Crippen molar-refractivity contribution in [3.63, 3.8) is 0 Å². The van der Waals surface area contributed by atoms with Crippen molar-refractivity contribution in [3.8, 4) is 11.5 Å². The number of allylic oxidation sites excluding steroid dienone is 1. The molecule has 0 aromatic heterocycles. The predicted octanol–water partition coefficient (Wildman–Crippen LogP) is 2.77. The van der Waals surface area contributed by atoms with E-state index in [9.17, 15) is 15.2 Å². The van der Waals surface area contributed by atoms with Crippen molar-refractivity contribution in [1.29, 1.82) is 0 Å². The second-order valence-corrected chi connectivity index (χ2v) is 3.55. The Bertz CT molecular complexity index is 480. The second kappa shape index (κ2) is 6.44. The fraction of sp³-hybridized carbons (Fsp3) is 0.231. The maximum Gasteiger partial charge on any atom is 0.235 e. The molecule has 0 aliphatic rings. The van der Waals surface area contributed by atoms with Crippen LogP contribution >= 0.6 is 0 Å². The van der Waals surface area contributed by atoms with Gasteiger partial charge in [-0.05, 0) is 31.0 Å². The van der Waals surface area contributed by atoms with Gasteiger partial charge in [0.25, 0.3) is 0 Å². The summed E-state index contributed by atoms with van der Waals surface area (Å²) in [5.41, 5.74) is 1.23. The van der Waals surface area contributed by atoms with Gasteiger partial charge in [-0.2, -0.15) is 0 Å². The molecule has 0 atom stereocenters. The summed E-state index contributed by atoms with van der Waals surface area (Å²) in [4.78, 5) is 9.74. The summed E-state index contributed by atoms with van der Waals surface area (Å²) in [5, 5.41) is 20.2. The molecule has 0 heterocycles. The van der Waals surface area contributed by atoms with Crippen LogP contribution in [0.5, 0.6) is 11.5 Å². The van der Waals surface area contributed by atoms with Crippen molar-refractivity contribution in [2.24, 2.45) is 0 Å². The minimum atomic E-state index is -0.541. The van der Waals surface area contributed by atoms with E-state index in [0.717, 1.165) is 6.20 Å². The summed E-state index contributed by atoms with van der Waals surface area (Å²) in [5.74, 6) is 0.370. The Balaban J connectivity index is 3.18. The quantitative estimate of drug-likeness (QED) is 0.478. The van der Waals surface area contributed by atoms with E-state index < -0.39 is 4.92 Å². The van der Waals surface area contributed by atoms with Crippen LogP contribution in [-0.2, 0) is 6.42 Å². The molecule has 96 valence electrons. The highest BCUT2D eigenvalue weighted by Crippen LogP contribution is 2.32. The molecule has 0 radical (unpaired) electrons. The molecular formula is C13H15NO4. The number of ether oxygens (including phenoxy) is 1. The zero-order valence-corrected chi connectivity index (χ0v) is 10.1. The van der Waals surface area contributed by atoms with Crippen molar-refractivity contribution < 1.29 is 14.8 Å². The maximum absolute atomic E-state index is 10.3. The van der Waals surface area contributed by atoms with Gasteiger partial charge in [0.15, 0.2) is 11.5 Å². The molecule has 0 spiro atoms. The van der Waals surface area contributed by atoms with Gasteiger partial charge in [-0.1, -0.05) is 6.08 Å². The Kier molecular flexibility index (Phi) is 4.92. The van der Waals surface area contributed by atoms with Crippen LogP contribution in [0, 0.1) is 10.1 Å². The molecule has 18 heavy (non-hydrogen) atoms. The topological polar surface area (TPSA) is 72.6 Å². The van der Waals surface area contributed by atoms with Crippen LogP contribution < -0.4 is 4.74 Å². The first-order valence-electron chi connectivity index (χ1n) is 5.49. The SMILES string of the molecule is C=CCc1cc(C=C[N+](=O)[O-])cc(OCC)c1O. The normalized spacial score (nSPS) is 10.5. The summed E-state index contributed by atoms with van der Waals surface area (Å²) in [6.45, 7) is 5.80. The molecular weight excluding hydrogens is 234 g/mol. The highest BCUT2D eigenvalue weighted by Gasteiger charge is 2.09. The van der Waals surface area contributed by atoms with Gasteiger partial charge in [0, 0.05) is 11.6 Å². The summed E-state index contributed by atoms with van der Waals surface area (Å²) < 4.78 is 5.28. The minimum absolute atomic E-state index is 0.0509. The van der Waals surface area contributed by atoms with E-state index in [2.05, 4.69) is 6.58 Å². The van der Waals surface area contributed by atoms with Crippen LogP contribution in [0.3, 0.4) is 0 Å². The summed E-state index contributed by atoms with van der Waals surface area (Å²) >= 11 is 0. The third-order valence-corrected chi connectivity index (χ3v) is 2.23. The first-order chi connectivity index (χ1) is 8.58. The highest BCUT2D eigenvalue weighted by atomic mass is 16.6. The molecule has 1 aromatic carbocycles. The molecule has 1 aromatic rings. The van der Waals surface area contributed by atoms with Crippen molar-refractivity contribution >= 4 is 6.08 Å². The van der Waals surface area contributed by atoms with Gasteiger partial charge in [-0.25, -0.2) is 0 Å². The Morgan fingerprint density at radius 2 is 2.28 bits per heavy atom. The zero-order chi connectivity index (χ0) is 13.5. The molecule has 0 unspecified atom stereocenters. The van der Waals surface area contributed by atoms with E-state index in [-0.39, 0.29) is 5.75 Å². The average Bonchev–Trinajstić information content (AvgIpc) is 2.32. The number of nitro groups is 1. The molecule has 0 fully saturated rings. The molecule has 0 saturated carbocycles. The maximum atomic E-state index is 10.3. The monoisotopic (exact) mass is 249 g/mol. The lowest BCUT2D eigenvalue weighted by molar-refractivity contribution is -0.400. The zero-order valence-electron chi connectivity index (χ0n) is 10.1. The largest absolute Gasteiger partial charge is 0.504 e. The molecule has 1 rings (SSSR count). The van der Waals surface area contributed by atoms with Crippen molar-refractivity contribution in [2.75, 3.05) is 6.61 Å². The van der Waals surface area contributed by atoms with Gasteiger partial charge < -0.3 is 9.84 Å². The third-order valence-electron chi connectivity index (χ3n) is 2.23. The molecule has 0 saturated heterocycles. The van der Waals surface area contributed by atoms with Crippen LogP contribution in [0.15, 0.2) is 31.0 Å². The molecule has 0 aliphatic heterocycles. The fourth-order valence-electron chi connectivity index (χ4n) is 1.51. The Labute approximate surface area is 105 Å². The van der Waals surface area contributed by atoms with Gasteiger partial charge in [0.05, 0.1) is 11.5 Å². The van der Waals surface area contributed by atoms with E-state index >= 15 is 0 Å². The number of phenols is 1. The number of hydrogen-bond donors (Lipinski definition) is 1. The predicted molar refractivity (Wildman–Crippen MR) is 69.2 cm³/mol. The smallest absolute Gasteiger partial charge is 0.235 e. The standard InChI is InChI=1S/C13H15NO4/c1-3-5-11-8-10(6-7-14(16)17)9-12(13(11)15)18-4-2/h3,6-9,15H,1,4-5H2,2H3. The molecule has 0 bridgehead atoms. The fourth-order valence-corrected chi connectivity index (χ4v) is 1.51. The van der Waals surface area contributed by atoms with Crippen molar-refractivity contribution in [1.82, 2.24) is 0 Å². The number of hydrogen-bond acceptors (Lipinski definition) is 4. The van der Waals surface area contributed by atoms with E-state index in [1.54, 1.807) is 25.1 Å². The summed E-state index contributed by atoms with van der Waals surface area (Å²) in [7, 11) is 0. The molecule has 5 nitrogen and oxygen atoms in total. The van der Waals surface area contributed by atoms with E-state index in [4.69, 9.17) is 4.74 Å². The van der Waals surface area contributed by atoms with Crippen LogP contribution in [0.4, 0.5) is 0 Å². The average molecular weight is 249 g/mol. The van der Waals surface area contributed by atoms with Crippen LogP contribution in [-0.4, -0.2) is 16.6 Å². The molecule has 5 heteroatoms. The van der Waals surface area contributed by atoms with E-state index in [1.165, 1.54) is 6.08 Å². The van der Waals surface area contributed by atoms with Crippen LogP contribution in [0.2, 0.25) is 0 Å². The van der Waals surface area contributed by atoms with E-state index in [1.807, 2.05) is 0 Å². The van der Waals surface area contributed by atoms with Gasteiger partial charge in [0.1, 0.15) is 0 Å². The number of aromatic hydroxyl groups is 1.